The van der Waals surface area contributed by atoms with Crippen molar-refractivity contribution in [3.63, 3.8) is 0 Å². The van der Waals surface area contributed by atoms with Crippen LogP contribution in [0.3, 0.4) is 0 Å². The standard InChI is InChI=1S/C13H24N2O4S/c1-10(2)13(17)8-15(9-13)6-12(16)14(3)11-4-5-20(18,19)7-11/h10-11,17H,4-9H2,1-3H3. The maximum absolute atomic E-state index is 12.1. The SMILES string of the molecule is CC(C)C1(O)CN(CC(=O)N(C)C2CCS(=O)(=O)C2)C1. The Labute approximate surface area is 120 Å². The molecule has 2 heterocycles. The molecule has 7 heteroatoms. The van der Waals surface area contributed by atoms with Gasteiger partial charge in [0.15, 0.2) is 9.84 Å². The van der Waals surface area contributed by atoms with E-state index in [1.807, 2.05) is 18.7 Å². The van der Waals surface area contributed by atoms with Crippen LogP contribution in [0.25, 0.3) is 0 Å². The molecule has 2 rings (SSSR count). The van der Waals surface area contributed by atoms with Crippen LogP contribution in [0.5, 0.6) is 0 Å². The van der Waals surface area contributed by atoms with Crippen LogP contribution in [0.1, 0.15) is 20.3 Å². The molecule has 116 valence electrons. The lowest BCUT2D eigenvalue weighted by Gasteiger charge is -2.49. The predicted octanol–water partition coefficient (Wildman–Crippen LogP) is -0.665. The lowest BCUT2D eigenvalue weighted by atomic mass is 9.83. The zero-order chi connectivity index (χ0) is 15.1. The number of likely N-dealkylation sites (N-methyl/N-ethyl adjacent to an activating group) is 1. The second kappa shape index (κ2) is 5.27. The minimum Gasteiger partial charge on any atom is -0.387 e. The highest BCUT2D eigenvalue weighted by Crippen LogP contribution is 2.28. The zero-order valence-electron chi connectivity index (χ0n) is 12.4. The zero-order valence-corrected chi connectivity index (χ0v) is 13.2. The number of hydrogen-bond acceptors (Lipinski definition) is 5. The molecule has 0 radical (unpaired) electrons. The van der Waals surface area contributed by atoms with Gasteiger partial charge in [-0.3, -0.25) is 9.69 Å². The Morgan fingerprint density at radius 3 is 2.50 bits per heavy atom. The lowest BCUT2D eigenvalue weighted by Crippen LogP contribution is -2.66. The summed E-state index contributed by atoms with van der Waals surface area (Å²) >= 11 is 0. The number of aliphatic hydroxyl groups is 1. The van der Waals surface area contributed by atoms with Crippen LogP contribution < -0.4 is 0 Å². The van der Waals surface area contributed by atoms with Crippen molar-refractivity contribution in [2.45, 2.75) is 31.9 Å². The fraction of sp³-hybridized carbons (Fsp3) is 0.923. The number of rotatable bonds is 4. The second-order valence-electron chi connectivity index (χ2n) is 6.46. The quantitative estimate of drug-likeness (QED) is 0.746. The van der Waals surface area contributed by atoms with Crippen LogP contribution in [0.15, 0.2) is 0 Å². The van der Waals surface area contributed by atoms with Gasteiger partial charge in [0.25, 0.3) is 0 Å². The van der Waals surface area contributed by atoms with Gasteiger partial charge in [0.2, 0.25) is 5.91 Å². The van der Waals surface area contributed by atoms with Crippen molar-refractivity contribution in [3.8, 4) is 0 Å². The summed E-state index contributed by atoms with van der Waals surface area (Å²) in [6.45, 7) is 5.20. The molecular formula is C13H24N2O4S. The Kier molecular flexibility index (Phi) is 4.15. The Balaban J connectivity index is 1.82. The molecule has 2 aliphatic heterocycles. The largest absolute Gasteiger partial charge is 0.387 e. The van der Waals surface area contributed by atoms with Crippen LogP contribution in [0, 0.1) is 5.92 Å². The van der Waals surface area contributed by atoms with Crippen molar-refractivity contribution in [1.82, 2.24) is 9.80 Å². The lowest BCUT2D eigenvalue weighted by molar-refractivity contribution is -0.149. The van der Waals surface area contributed by atoms with Crippen LogP contribution >= 0.6 is 0 Å². The Morgan fingerprint density at radius 1 is 1.45 bits per heavy atom. The minimum atomic E-state index is -2.97. The van der Waals surface area contributed by atoms with Gasteiger partial charge in [0.1, 0.15) is 0 Å². The van der Waals surface area contributed by atoms with Gasteiger partial charge in [-0.05, 0) is 12.3 Å². The topological polar surface area (TPSA) is 77.9 Å². The average Bonchev–Trinajstić information content (AvgIpc) is 2.66. The highest BCUT2D eigenvalue weighted by atomic mass is 32.2. The summed E-state index contributed by atoms with van der Waals surface area (Å²) in [6.07, 6.45) is 0.528. The van der Waals surface area contributed by atoms with E-state index in [0.29, 0.717) is 19.5 Å². The average molecular weight is 304 g/mol. The van der Waals surface area contributed by atoms with E-state index in [-0.39, 0.29) is 35.9 Å². The van der Waals surface area contributed by atoms with E-state index in [1.165, 1.54) is 0 Å². The van der Waals surface area contributed by atoms with E-state index >= 15 is 0 Å². The van der Waals surface area contributed by atoms with E-state index in [2.05, 4.69) is 0 Å². The van der Waals surface area contributed by atoms with Crippen molar-refractivity contribution in [2.75, 3.05) is 38.2 Å². The maximum Gasteiger partial charge on any atom is 0.236 e. The van der Waals surface area contributed by atoms with Gasteiger partial charge in [-0.25, -0.2) is 8.42 Å². The number of likely N-dealkylation sites (tertiary alicyclic amines) is 1. The first-order chi connectivity index (χ1) is 9.13. The maximum atomic E-state index is 12.1. The first-order valence-corrected chi connectivity index (χ1v) is 8.86. The summed E-state index contributed by atoms with van der Waals surface area (Å²) < 4.78 is 22.9. The summed E-state index contributed by atoms with van der Waals surface area (Å²) in [7, 11) is -1.30. The summed E-state index contributed by atoms with van der Waals surface area (Å²) in [6, 6.07) is -0.197. The Bertz CT molecular complexity index is 483. The highest BCUT2D eigenvalue weighted by molar-refractivity contribution is 7.91. The Morgan fingerprint density at radius 2 is 2.05 bits per heavy atom. The van der Waals surface area contributed by atoms with Crippen molar-refractivity contribution in [2.24, 2.45) is 5.92 Å². The molecule has 0 aromatic heterocycles. The minimum absolute atomic E-state index is 0.0714. The molecule has 0 bridgehead atoms. The van der Waals surface area contributed by atoms with Crippen molar-refractivity contribution < 1.29 is 18.3 Å². The first-order valence-electron chi connectivity index (χ1n) is 7.04. The molecule has 20 heavy (non-hydrogen) atoms. The number of nitrogens with zero attached hydrogens (tertiary/aromatic N) is 2. The van der Waals surface area contributed by atoms with E-state index in [9.17, 15) is 18.3 Å². The summed E-state index contributed by atoms with van der Waals surface area (Å²) in [5, 5.41) is 10.1. The van der Waals surface area contributed by atoms with Gasteiger partial charge in [0, 0.05) is 26.2 Å². The molecule has 2 saturated heterocycles. The monoisotopic (exact) mass is 304 g/mol. The third kappa shape index (κ3) is 3.15. The molecule has 0 aliphatic carbocycles. The van der Waals surface area contributed by atoms with Gasteiger partial charge < -0.3 is 10.0 Å². The van der Waals surface area contributed by atoms with Crippen molar-refractivity contribution >= 4 is 15.7 Å². The predicted molar refractivity (Wildman–Crippen MR) is 76.1 cm³/mol. The van der Waals surface area contributed by atoms with Gasteiger partial charge in [-0.15, -0.1) is 0 Å². The third-order valence-corrected chi connectivity index (χ3v) is 6.33. The van der Waals surface area contributed by atoms with Crippen LogP contribution in [0.4, 0.5) is 0 Å². The normalized spacial score (nSPS) is 28.4. The van der Waals surface area contributed by atoms with Crippen LogP contribution in [-0.2, 0) is 14.6 Å². The number of sulfone groups is 1. The number of carbonyl (C=O) groups excluding carboxylic acids is 1. The molecule has 1 N–H and O–H groups in total. The molecule has 0 aromatic rings. The second-order valence-corrected chi connectivity index (χ2v) is 8.69. The number of carbonyl (C=O) groups is 1. The number of β-amino-alcohol motifs (C(OH)–C–C–N with tert-alkyl or cyclic N) is 1. The highest BCUT2D eigenvalue weighted by Gasteiger charge is 2.44. The molecule has 1 atom stereocenters. The molecule has 1 unspecified atom stereocenters. The molecule has 2 fully saturated rings. The summed E-state index contributed by atoms with van der Waals surface area (Å²) in [4.78, 5) is 15.6. The van der Waals surface area contributed by atoms with Crippen LogP contribution in [-0.4, -0.2) is 79.1 Å². The van der Waals surface area contributed by atoms with E-state index in [0.717, 1.165) is 0 Å². The van der Waals surface area contributed by atoms with Gasteiger partial charge in [-0.1, -0.05) is 13.8 Å². The van der Waals surface area contributed by atoms with Gasteiger partial charge in [0.05, 0.1) is 23.7 Å². The first kappa shape index (κ1) is 15.7. The molecule has 0 saturated carbocycles. The molecule has 0 spiro atoms. The molecule has 1 amide bonds. The smallest absolute Gasteiger partial charge is 0.236 e. The molecule has 0 aromatic carbocycles. The molecular weight excluding hydrogens is 280 g/mol. The van der Waals surface area contributed by atoms with E-state index < -0.39 is 15.4 Å². The van der Waals surface area contributed by atoms with E-state index in [4.69, 9.17) is 0 Å². The fourth-order valence-electron chi connectivity index (χ4n) is 2.79. The third-order valence-electron chi connectivity index (χ3n) is 4.58. The number of hydrogen-bond donors (Lipinski definition) is 1. The van der Waals surface area contributed by atoms with Crippen molar-refractivity contribution in [1.29, 1.82) is 0 Å². The summed E-state index contributed by atoms with van der Waals surface area (Å²) in [5.74, 6) is 0.349. The fourth-order valence-corrected chi connectivity index (χ4v) is 4.57. The van der Waals surface area contributed by atoms with Crippen LogP contribution in [0.2, 0.25) is 0 Å². The summed E-state index contributed by atoms with van der Waals surface area (Å²) in [5.41, 5.74) is -0.685. The molecule has 6 nitrogen and oxygen atoms in total. The Hall–Kier alpha value is -0.660. The van der Waals surface area contributed by atoms with Crippen molar-refractivity contribution in [3.05, 3.63) is 0 Å². The van der Waals surface area contributed by atoms with Gasteiger partial charge in [-0.2, -0.15) is 0 Å². The molecule has 2 aliphatic rings. The van der Waals surface area contributed by atoms with Gasteiger partial charge >= 0.3 is 0 Å². The number of amides is 1. The van der Waals surface area contributed by atoms with E-state index in [1.54, 1.807) is 11.9 Å².